The summed E-state index contributed by atoms with van der Waals surface area (Å²) in [6.07, 6.45) is 7.91. The lowest BCUT2D eigenvalue weighted by atomic mass is 9.92. The second-order valence-electron chi connectivity index (χ2n) is 5.31. The van der Waals surface area contributed by atoms with Crippen LogP contribution in [0.15, 0.2) is 0 Å². The SMILES string of the molecule is CCCCCCCC(C)(NC(C)CC)C(N)=O. The van der Waals surface area contributed by atoms with Crippen LogP contribution >= 0.6 is 0 Å². The molecule has 102 valence electrons. The molecule has 0 saturated heterocycles. The number of rotatable bonds is 10. The lowest BCUT2D eigenvalue weighted by Crippen LogP contribution is -2.55. The first-order valence-corrected chi connectivity index (χ1v) is 7.03. The van der Waals surface area contributed by atoms with Gasteiger partial charge in [-0.3, -0.25) is 4.79 Å². The van der Waals surface area contributed by atoms with Crippen LogP contribution in [0.4, 0.5) is 0 Å². The van der Waals surface area contributed by atoms with E-state index >= 15 is 0 Å². The molecule has 0 heterocycles. The van der Waals surface area contributed by atoms with E-state index in [0.29, 0.717) is 6.04 Å². The lowest BCUT2D eigenvalue weighted by Gasteiger charge is -2.31. The molecular formula is C14H30N2O. The fourth-order valence-corrected chi connectivity index (χ4v) is 1.99. The first kappa shape index (κ1) is 16.4. The highest BCUT2D eigenvalue weighted by molar-refractivity contribution is 5.84. The molecule has 2 unspecified atom stereocenters. The molecule has 0 aliphatic carbocycles. The summed E-state index contributed by atoms with van der Waals surface area (Å²) in [5.74, 6) is -0.228. The Bertz CT molecular complexity index is 218. The summed E-state index contributed by atoms with van der Waals surface area (Å²) in [5.41, 5.74) is 4.97. The van der Waals surface area contributed by atoms with Crippen LogP contribution in [0.5, 0.6) is 0 Å². The number of unbranched alkanes of at least 4 members (excludes halogenated alkanes) is 4. The van der Waals surface area contributed by atoms with Crippen molar-refractivity contribution in [2.24, 2.45) is 5.73 Å². The Morgan fingerprint density at radius 2 is 1.82 bits per heavy atom. The largest absolute Gasteiger partial charge is 0.368 e. The number of nitrogens with one attached hydrogen (secondary N) is 1. The molecule has 3 heteroatoms. The van der Waals surface area contributed by atoms with E-state index in [2.05, 4.69) is 26.1 Å². The molecule has 0 aromatic carbocycles. The van der Waals surface area contributed by atoms with Crippen molar-refractivity contribution in [1.29, 1.82) is 0 Å². The number of primary amides is 1. The van der Waals surface area contributed by atoms with Gasteiger partial charge in [-0.2, -0.15) is 0 Å². The zero-order valence-electron chi connectivity index (χ0n) is 12.0. The second-order valence-corrected chi connectivity index (χ2v) is 5.31. The fourth-order valence-electron chi connectivity index (χ4n) is 1.99. The van der Waals surface area contributed by atoms with E-state index < -0.39 is 5.54 Å². The molecule has 0 fully saturated rings. The van der Waals surface area contributed by atoms with E-state index in [-0.39, 0.29) is 5.91 Å². The summed E-state index contributed by atoms with van der Waals surface area (Å²) >= 11 is 0. The van der Waals surface area contributed by atoms with Gasteiger partial charge in [0, 0.05) is 6.04 Å². The molecule has 0 aromatic heterocycles. The Hall–Kier alpha value is -0.570. The maximum Gasteiger partial charge on any atom is 0.237 e. The van der Waals surface area contributed by atoms with Crippen LogP contribution in [-0.2, 0) is 4.79 Å². The average molecular weight is 242 g/mol. The molecule has 0 aliphatic rings. The van der Waals surface area contributed by atoms with E-state index in [1.807, 2.05) is 6.92 Å². The lowest BCUT2D eigenvalue weighted by molar-refractivity contribution is -0.124. The van der Waals surface area contributed by atoms with E-state index in [4.69, 9.17) is 5.73 Å². The summed E-state index contributed by atoms with van der Waals surface area (Å²) < 4.78 is 0. The Labute approximate surface area is 107 Å². The van der Waals surface area contributed by atoms with Crippen LogP contribution < -0.4 is 11.1 Å². The van der Waals surface area contributed by atoms with Crippen molar-refractivity contribution in [2.45, 2.75) is 84.2 Å². The Morgan fingerprint density at radius 3 is 2.29 bits per heavy atom. The van der Waals surface area contributed by atoms with Crippen LogP contribution in [0.1, 0.15) is 72.6 Å². The normalized spacial score (nSPS) is 16.5. The molecule has 1 amide bonds. The number of hydrogen-bond acceptors (Lipinski definition) is 2. The fraction of sp³-hybridized carbons (Fsp3) is 0.929. The first-order chi connectivity index (χ1) is 7.96. The van der Waals surface area contributed by atoms with Crippen molar-refractivity contribution in [3.8, 4) is 0 Å². The third kappa shape index (κ3) is 6.67. The van der Waals surface area contributed by atoms with Crippen molar-refractivity contribution in [3.05, 3.63) is 0 Å². The minimum absolute atomic E-state index is 0.228. The molecule has 3 nitrogen and oxygen atoms in total. The van der Waals surface area contributed by atoms with E-state index in [1.165, 1.54) is 25.7 Å². The van der Waals surface area contributed by atoms with Crippen LogP contribution in [-0.4, -0.2) is 17.5 Å². The third-order valence-corrected chi connectivity index (χ3v) is 3.50. The number of carbonyl (C=O) groups excluding carboxylic acids is 1. The summed E-state index contributed by atoms with van der Waals surface area (Å²) in [6.45, 7) is 8.35. The van der Waals surface area contributed by atoms with Gasteiger partial charge in [0.2, 0.25) is 5.91 Å². The molecule has 0 spiro atoms. The van der Waals surface area contributed by atoms with Gasteiger partial charge in [-0.1, -0.05) is 46.0 Å². The Morgan fingerprint density at radius 1 is 1.24 bits per heavy atom. The highest BCUT2D eigenvalue weighted by Gasteiger charge is 2.30. The van der Waals surface area contributed by atoms with Gasteiger partial charge in [0.15, 0.2) is 0 Å². The zero-order valence-corrected chi connectivity index (χ0v) is 12.0. The third-order valence-electron chi connectivity index (χ3n) is 3.50. The van der Waals surface area contributed by atoms with Crippen molar-refractivity contribution < 1.29 is 4.79 Å². The van der Waals surface area contributed by atoms with Crippen molar-refractivity contribution in [3.63, 3.8) is 0 Å². The molecule has 0 rings (SSSR count). The van der Waals surface area contributed by atoms with E-state index in [9.17, 15) is 4.79 Å². The minimum atomic E-state index is -0.540. The molecule has 17 heavy (non-hydrogen) atoms. The summed E-state index contributed by atoms with van der Waals surface area (Å²) in [6, 6.07) is 0.336. The second kappa shape index (κ2) is 8.51. The quantitative estimate of drug-likeness (QED) is 0.579. The molecule has 0 bridgehead atoms. The molecule has 3 N–H and O–H groups in total. The van der Waals surface area contributed by atoms with Gasteiger partial charge in [-0.15, -0.1) is 0 Å². The van der Waals surface area contributed by atoms with E-state index in [1.54, 1.807) is 0 Å². The molecular weight excluding hydrogens is 212 g/mol. The van der Waals surface area contributed by atoms with Gasteiger partial charge in [0.1, 0.15) is 0 Å². The zero-order chi connectivity index (χ0) is 13.3. The van der Waals surface area contributed by atoms with Gasteiger partial charge in [0.25, 0.3) is 0 Å². The number of amides is 1. The van der Waals surface area contributed by atoms with Gasteiger partial charge in [0.05, 0.1) is 5.54 Å². The predicted octanol–water partition coefficient (Wildman–Crippen LogP) is 2.98. The molecule has 0 aromatic rings. The predicted molar refractivity (Wildman–Crippen MR) is 73.9 cm³/mol. The van der Waals surface area contributed by atoms with Crippen molar-refractivity contribution in [2.75, 3.05) is 0 Å². The first-order valence-electron chi connectivity index (χ1n) is 7.03. The van der Waals surface area contributed by atoms with Gasteiger partial charge in [-0.25, -0.2) is 0 Å². The van der Waals surface area contributed by atoms with Crippen molar-refractivity contribution in [1.82, 2.24) is 5.32 Å². The number of hydrogen-bond donors (Lipinski definition) is 2. The van der Waals surface area contributed by atoms with Gasteiger partial charge < -0.3 is 11.1 Å². The monoisotopic (exact) mass is 242 g/mol. The van der Waals surface area contributed by atoms with Gasteiger partial charge >= 0.3 is 0 Å². The molecule has 2 atom stereocenters. The Kier molecular flexibility index (Phi) is 8.23. The van der Waals surface area contributed by atoms with E-state index in [0.717, 1.165) is 19.3 Å². The van der Waals surface area contributed by atoms with Crippen LogP contribution in [0.3, 0.4) is 0 Å². The highest BCUT2D eigenvalue weighted by atomic mass is 16.1. The number of carbonyl (C=O) groups is 1. The van der Waals surface area contributed by atoms with Gasteiger partial charge in [-0.05, 0) is 26.7 Å². The summed E-state index contributed by atoms with van der Waals surface area (Å²) in [7, 11) is 0. The molecule has 0 saturated carbocycles. The molecule has 0 radical (unpaired) electrons. The smallest absolute Gasteiger partial charge is 0.237 e. The maximum atomic E-state index is 11.6. The minimum Gasteiger partial charge on any atom is -0.368 e. The maximum absolute atomic E-state index is 11.6. The van der Waals surface area contributed by atoms with Crippen LogP contribution in [0, 0.1) is 0 Å². The van der Waals surface area contributed by atoms with Crippen LogP contribution in [0.25, 0.3) is 0 Å². The topological polar surface area (TPSA) is 55.1 Å². The standard InChI is InChI=1S/C14H30N2O/c1-5-7-8-9-10-11-14(4,13(15)17)16-12(3)6-2/h12,16H,5-11H2,1-4H3,(H2,15,17). The Balaban J connectivity index is 4.08. The molecule has 0 aliphatic heterocycles. The number of nitrogens with two attached hydrogens (primary N) is 1. The van der Waals surface area contributed by atoms with Crippen molar-refractivity contribution >= 4 is 5.91 Å². The average Bonchev–Trinajstić information content (AvgIpc) is 2.28. The van der Waals surface area contributed by atoms with Crippen LogP contribution in [0.2, 0.25) is 0 Å². The highest BCUT2D eigenvalue weighted by Crippen LogP contribution is 2.17. The summed E-state index contributed by atoms with van der Waals surface area (Å²) in [4.78, 5) is 11.6. The summed E-state index contributed by atoms with van der Waals surface area (Å²) in [5, 5.41) is 3.36.